The van der Waals surface area contributed by atoms with E-state index >= 15 is 0 Å². The van der Waals surface area contributed by atoms with Gasteiger partial charge in [0.25, 0.3) is 0 Å². The summed E-state index contributed by atoms with van der Waals surface area (Å²) < 4.78 is 5.22. The molecular formula is C9H16N2OS. The highest BCUT2D eigenvalue weighted by molar-refractivity contribution is 7.13. The van der Waals surface area contributed by atoms with Crippen molar-refractivity contribution < 1.29 is 4.74 Å². The van der Waals surface area contributed by atoms with Gasteiger partial charge in [0, 0.05) is 25.1 Å². The average Bonchev–Trinajstić information content (AvgIpc) is 2.51. The molecule has 13 heavy (non-hydrogen) atoms. The smallest absolute Gasteiger partial charge is 0.182 e. The summed E-state index contributed by atoms with van der Waals surface area (Å²) in [6, 6.07) is 0. The van der Waals surface area contributed by atoms with Crippen molar-refractivity contribution in [2.75, 3.05) is 25.1 Å². The van der Waals surface area contributed by atoms with Crippen molar-refractivity contribution in [3.8, 4) is 0 Å². The summed E-state index contributed by atoms with van der Waals surface area (Å²) in [7, 11) is 0. The number of aromatic nitrogens is 1. The fraction of sp³-hybridized carbons (Fsp3) is 0.667. The zero-order valence-electron chi connectivity index (χ0n) is 8.17. The van der Waals surface area contributed by atoms with Gasteiger partial charge in [0.1, 0.15) is 0 Å². The predicted octanol–water partition coefficient (Wildman–Crippen LogP) is 2.29. The maximum atomic E-state index is 5.22. The zero-order chi connectivity index (χ0) is 9.52. The number of nitrogens with one attached hydrogen (secondary N) is 1. The molecule has 0 radical (unpaired) electrons. The molecule has 0 aliphatic heterocycles. The number of aryl methyl sites for hydroxylation is 1. The molecule has 0 spiro atoms. The molecule has 0 aliphatic rings. The van der Waals surface area contributed by atoms with E-state index in [0.29, 0.717) is 0 Å². The van der Waals surface area contributed by atoms with Crippen LogP contribution in [0.4, 0.5) is 5.13 Å². The predicted molar refractivity (Wildman–Crippen MR) is 56.5 cm³/mol. The normalized spacial score (nSPS) is 10.3. The van der Waals surface area contributed by atoms with Gasteiger partial charge < -0.3 is 10.1 Å². The summed E-state index contributed by atoms with van der Waals surface area (Å²) in [4.78, 5) is 4.30. The van der Waals surface area contributed by atoms with Crippen LogP contribution < -0.4 is 5.32 Å². The fourth-order valence-corrected chi connectivity index (χ4v) is 1.67. The molecule has 74 valence electrons. The molecule has 3 nitrogen and oxygen atoms in total. The van der Waals surface area contributed by atoms with Crippen molar-refractivity contribution >= 4 is 16.5 Å². The van der Waals surface area contributed by atoms with Crippen molar-refractivity contribution in [3.63, 3.8) is 0 Å². The van der Waals surface area contributed by atoms with Gasteiger partial charge in [-0.2, -0.15) is 0 Å². The molecule has 0 bridgehead atoms. The Morgan fingerprint density at radius 3 is 3.08 bits per heavy atom. The third-order valence-electron chi connectivity index (χ3n) is 1.56. The van der Waals surface area contributed by atoms with Gasteiger partial charge in [0.15, 0.2) is 5.13 Å². The Morgan fingerprint density at radius 1 is 1.62 bits per heavy atom. The van der Waals surface area contributed by atoms with Crippen LogP contribution in [0.15, 0.2) is 5.38 Å². The third-order valence-corrected chi connectivity index (χ3v) is 2.48. The van der Waals surface area contributed by atoms with Crippen molar-refractivity contribution in [3.05, 3.63) is 11.1 Å². The molecule has 1 heterocycles. The maximum absolute atomic E-state index is 5.22. The van der Waals surface area contributed by atoms with Crippen LogP contribution >= 0.6 is 11.3 Å². The number of nitrogens with zero attached hydrogens (tertiary/aromatic N) is 1. The van der Waals surface area contributed by atoms with Gasteiger partial charge in [-0.15, -0.1) is 11.3 Å². The first-order valence-corrected chi connectivity index (χ1v) is 5.44. The van der Waals surface area contributed by atoms with Crippen molar-refractivity contribution in [1.29, 1.82) is 0 Å². The number of hydrogen-bond acceptors (Lipinski definition) is 4. The van der Waals surface area contributed by atoms with E-state index in [1.807, 2.05) is 19.2 Å². The first-order chi connectivity index (χ1) is 6.33. The molecule has 0 unspecified atom stereocenters. The second-order valence-electron chi connectivity index (χ2n) is 2.77. The molecule has 0 aliphatic carbocycles. The summed E-state index contributed by atoms with van der Waals surface area (Å²) in [6.07, 6.45) is 1.03. The van der Waals surface area contributed by atoms with Gasteiger partial charge in [0.2, 0.25) is 0 Å². The van der Waals surface area contributed by atoms with Gasteiger partial charge in [-0.3, -0.25) is 0 Å². The maximum Gasteiger partial charge on any atom is 0.182 e. The Balaban J connectivity index is 2.06. The Labute approximate surface area is 83.1 Å². The largest absolute Gasteiger partial charge is 0.382 e. The van der Waals surface area contributed by atoms with Crippen LogP contribution in [-0.4, -0.2) is 24.7 Å². The zero-order valence-corrected chi connectivity index (χ0v) is 8.99. The lowest BCUT2D eigenvalue weighted by Gasteiger charge is -2.02. The summed E-state index contributed by atoms with van der Waals surface area (Å²) >= 11 is 1.65. The van der Waals surface area contributed by atoms with E-state index in [-0.39, 0.29) is 0 Å². The van der Waals surface area contributed by atoms with E-state index in [1.165, 1.54) is 0 Å². The van der Waals surface area contributed by atoms with Gasteiger partial charge in [0.05, 0.1) is 5.69 Å². The number of ether oxygens (including phenoxy) is 1. The molecule has 1 rings (SSSR count). The minimum absolute atomic E-state index is 0.802. The SMILES string of the molecule is CCOCCCNc1nc(C)cs1. The van der Waals surface area contributed by atoms with Crippen LogP contribution in [0.1, 0.15) is 19.0 Å². The Morgan fingerprint density at radius 2 is 2.46 bits per heavy atom. The Hall–Kier alpha value is -0.610. The van der Waals surface area contributed by atoms with Gasteiger partial charge in [-0.25, -0.2) is 4.98 Å². The van der Waals surface area contributed by atoms with E-state index in [1.54, 1.807) is 11.3 Å². The van der Waals surface area contributed by atoms with E-state index < -0.39 is 0 Å². The molecule has 0 aromatic carbocycles. The number of rotatable bonds is 6. The second kappa shape index (κ2) is 5.94. The number of thiazole rings is 1. The van der Waals surface area contributed by atoms with Crippen LogP contribution in [-0.2, 0) is 4.74 Å². The molecule has 0 amide bonds. The lowest BCUT2D eigenvalue weighted by molar-refractivity contribution is 0.147. The minimum atomic E-state index is 0.802. The van der Waals surface area contributed by atoms with E-state index in [9.17, 15) is 0 Å². The number of anilines is 1. The van der Waals surface area contributed by atoms with Crippen molar-refractivity contribution in [1.82, 2.24) is 4.98 Å². The highest BCUT2D eigenvalue weighted by atomic mass is 32.1. The first-order valence-electron chi connectivity index (χ1n) is 4.56. The fourth-order valence-electron chi connectivity index (χ4n) is 0.949. The topological polar surface area (TPSA) is 34.1 Å². The minimum Gasteiger partial charge on any atom is -0.382 e. The summed E-state index contributed by atoms with van der Waals surface area (Å²) in [5, 5.41) is 6.31. The lowest BCUT2D eigenvalue weighted by atomic mass is 10.4. The monoisotopic (exact) mass is 200 g/mol. The number of hydrogen-bond donors (Lipinski definition) is 1. The van der Waals surface area contributed by atoms with Gasteiger partial charge >= 0.3 is 0 Å². The molecule has 0 saturated heterocycles. The van der Waals surface area contributed by atoms with Crippen LogP contribution in [0.5, 0.6) is 0 Å². The average molecular weight is 200 g/mol. The van der Waals surface area contributed by atoms with Crippen LogP contribution in [0.2, 0.25) is 0 Å². The highest BCUT2D eigenvalue weighted by Gasteiger charge is 1.95. The summed E-state index contributed by atoms with van der Waals surface area (Å²) in [5.41, 5.74) is 1.08. The van der Waals surface area contributed by atoms with E-state index in [2.05, 4.69) is 10.3 Å². The van der Waals surface area contributed by atoms with Gasteiger partial charge in [-0.1, -0.05) is 0 Å². The van der Waals surface area contributed by atoms with Gasteiger partial charge in [-0.05, 0) is 20.3 Å². The second-order valence-corrected chi connectivity index (χ2v) is 3.63. The quantitative estimate of drug-likeness (QED) is 0.715. The van der Waals surface area contributed by atoms with Crippen LogP contribution in [0.3, 0.4) is 0 Å². The summed E-state index contributed by atoms with van der Waals surface area (Å²) in [5.74, 6) is 0. The van der Waals surface area contributed by atoms with E-state index in [4.69, 9.17) is 4.74 Å². The van der Waals surface area contributed by atoms with Crippen LogP contribution in [0, 0.1) is 6.92 Å². The summed E-state index contributed by atoms with van der Waals surface area (Å²) in [6.45, 7) is 6.58. The third kappa shape index (κ3) is 4.24. The molecule has 1 N–H and O–H groups in total. The molecule has 0 fully saturated rings. The standard InChI is InChI=1S/C9H16N2OS/c1-3-12-6-4-5-10-9-11-8(2)7-13-9/h7H,3-6H2,1-2H3,(H,10,11). The van der Waals surface area contributed by atoms with E-state index in [0.717, 1.165) is 37.0 Å². The van der Waals surface area contributed by atoms with Crippen molar-refractivity contribution in [2.45, 2.75) is 20.3 Å². The molecule has 0 atom stereocenters. The Kier molecular flexibility index (Phi) is 4.78. The molecule has 1 aromatic rings. The molecule has 0 saturated carbocycles. The first kappa shape index (κ1) is 10.5. The Bertz CT molecular complexity index is 237. The molecule has 4 heteroatoms. The van der Waals surface area contributed by atoms with Crippen molar-refractivity contribution in [2.24, 2.45) is 0 Å². The van der Waals surface area contributed by atoms with Crippen LogP contribution in [0.25, 0.3) is 0 Å². The lowest BCUT2D eigenvalue weighted by Crippen LogP contribution is -2.05. The molecule has 1 aromatic heterocycles. The highest BCUT2D eigenvalue weighted by Crippen LogP contribution is 2.13. The molecular weight excluding hydrogens is 184 g/mol.